The maximum atomic E-state index is 8.87. The smallest absolute Gasteiger partial charge is 0.173 e. The highest BCUT2D eigenvalue weighted by Gasteiger charge is 2.15. The molecule has 1 aromatic carbocycles. The average Bonchev–Trinajstić information content (AvgIpc) is 2.59. The summed E-state index contributed by atoms with van der Waals surface area (Å²) in [5.41, 5.74) is 0.780. The number of hydrogen-bond donors (Lipinski definition) is 1. The van der Waals surface area contributed by atoms with Crippen LogP contribution in [0.25, 0.3) is 0 Å². The van der Waals surface area contributed by atoms with Gasteiger partial charge in [-0.05, 0) is 30.4 Å². The molecule has 1 saturated heterocycles. The van der Waals surface area contributed by atoms with Crippen LogP contribution in [0.3, 0.4) is 0 Å². The minimum Gasteiger partial charge on any atom is -0.379 e. The summed E-state index contributed by atoms with van der Waals surface area (Å²) in [6.45, 7) is 5.63. The summed E-state index contributed by atoms with van der Waals surface area (Å²) in [7, 11) is 0. The van der Waals surface area contributed by atoms with Crippen molar-refractivity contribution in [1.29, 1.82) is 5.26 Å². The number of halogens is 2. The third-order valence-electron chi connectivity index (χ3n) is 3.74. The summed E-state index contributed by atoms with van der Waals surface area (Å²) in [5.74, 6) is 0. The van der Waals surface area contributed by atoms with Crippen LogP contribution >= 0.6 is 35.4 Å². The number of morpholine rings is 1. The van der Waals surface area contributed by atoms with Crippen LogP contribution in [-0.4, -0.2) is 60.8 Å². The Bertz CT molecular complexity index is 602. The number of ether oxygens (including phenoxy) is 1. The number of nitriles is 1. The Morgan fingerprint density at radius 2 is 2.04 bits per heavy atom. The van der Waals surface area contributed by atoms with Crippen molar-refractivity contribution in [3.63, 3.8) is 0 Å². The molecule has 0 atom stereocenters. The van der Waals surface area contributed by atoms with Crippen LogP contribution in [0.1, 0.15) is 6.42 Å². The predicted octanol–water partition coefficient (Wildman–Crippen LogP) is 3.24. The summed E-state index contributed by atoms with van der Waals surface area (Å²) in [4.78, 5) is 4.35. The maximum absolute atomic E-state index is 8.87. The number of nitrogens with one attached hydrogen (secondary N) is 1. The van der Waals surface area contributed by atoms with Crippen molar-refractivity contribution < 1.29 is 4.74 Å². The molecule has 2 rings (SSSR count). The van der Waals surface area contributed by atoms with Gasteiger partial charge in [0, 0.05) is 38.4 Å². The van der Waals surface area contributed by atoms with Crippen molar-refractivity contribution in [1.82, 2.24) is 9.80 Å². The van der Waals surface area contributed by atoms with Crippen molar-refractivity contribution in [3.05, 3.63) is 28.2 Å². The van der Waals surface area contributed by atoms with E-state index in [-0.39, 0.29) is 0 Å². The van der Waals surface area contributed by atoms with E-state index in [0.717, 1.165) is 45.1 Å². The summed E-state index contributed by atoms with van der Waals surface area (Å²) in [5, 5.41) is 13.6. The lowest BCUT2D eigenvalue weighted by molar-refractivity contribution is 0.0360. The first-order chi connectivity index (χ1) is 11.6. The molecule has 0 amide bonds. The lowest BCUT2D eigenvalue weighted by atomic mass is 10.3. The van der Waals surface area contributed by atoms with Crippen LogP contribution in [0.4, 0.5) is 5.69 Å². The van der Waals surface area contributed by atoms with E-state index in [0.29, 0.717) is 28.1 Å². The van der Waals surface area contributed by atoms with Gasteiger partial charge in [-0.1, -0.05) is 23.2 Å². The Morgan fingerprint density at radius 1 is 1.29 bits per heavy atom. The van der Waals surface area contributed by atoms with Gasteiger partial charge in [0.1, 0.15) is 0 Å². The van der Waals surface area contributed by atoms with Gasteiger partial charge in [0.2, 0.25) is 0 Å². The van der Waals surface area contributed by atoms with Gasteiger partial charge in [-0.25, -0.2) is 0 Å². The second-order valence-electron chi connectivity index (χ2n) is 5.41. The molecule has 1 heterocycles. The fraction of sp³-hybridized carbons (Fsp3) is 0.500. The number of hydrogen-bond acceptors (Lipinski definition) is 4. The van der Waals surface area contributed by atoms with Gasteiger partial charge in [-0.3, -0.25) is 4.90 Å². The van der Waals surface area contributed by atoms with E-state index in [1.165, 1.54) is 0 Å². The summed E-state index contributed by atoms with van der Waals surface area (Å²) >= 11 is 17.5. The highest BCUT2D eigenvalue weighted by molar-refractivity contribution is 7.80. The van der Waals surface area contributed by atoms with E-state index in [1.807, 2.05) is 11.0 Å². The molecule has 1 aliphatic rings. The second kappa shape index (κ2) is 10.0. The van der Waals surface area contributed by atoms with E-state index in [4.69, 9.17) is 45.4 Å². The Hall–Kier alpha value is -1.10. The summed E-state index contributed by atoms with van der Waals surface area (Å²) < 4.78 is 5.36. The first-order valence-electron chi connectivity index (χ1n) is 7.78. The Kier molecular flexibility index (Phi) is 8.03. The highest BCUT2D eigenvalue weighted by Crippen LogP contribution is 2.25. The Labute approximate surface area is 158 Å². The molecule has 1 aromatic rings. The third kappa shape index (κ3) is 6.08. The number of nitrogens with zero attached hydrogens (tertiary/aromatic N) is 3. The molecule has 0 unspecified atom stereocenters. The first kappa shape index (κ1) is 19.2. The zero-order chi connectivity index (χ0) is 17.4. The van der Waals surface area contributed by atoms with Crippen molar-refractivity contribution in [2.24, 2.45) is 0 Å². The van der Waals surface area contributed by atoms with Gasteiger partial charge in [-0.15, -0.1) is 0 Å². The molecular formula is C16H20Cl2N4OS. The molecule has 0 aliphatic carbocycles. The van der Waals surface area contributed by atoms with Gasteiger partial charge in [-0.2, -0.15) is 5.26 Å². The van der Waals surface area contributed by atoms with Crippen LogP contribution in [0.15, 0.2) is 18.2 Å². The van der Waals surface area contributed by atoms with Gasteiger partial charge in [0.25, 0.3) is 0 Å². The van der Waals surface area contributed by atoms with E-state index in [2.05, 4.69) is 16.3 Å². The zero-order valence-corrected chi connectivity index (χ0v) is 15.6. The van der Waals surface area contributed by atoms with Crippen LogP contribution in [0.2, 0.25) is 10.0 Å². The van der Waals surface area contributed by atoms with E-state index in [9.17, 15) is 0 Å². The van der Waals surface area contributed by atoms with E-state index >= 15 is 0 Å². The van der Waals surface area contributed by atoms with E-state index in [1.54, 1.807) is 12.1 Å². The molecule has 0 saturated carbocycles. The monoisotopic (exact) mass is 386 g/mol. The molecule has 5 nitrogen and oxygen atoms in total. The average molecular weight is 387 g/mol. The molecule has 1 fully saturated rings. The van der Waals surface area contributed by atoms with E-state index < -0.39 is 0 Å². The lowest BCUT2D eigenvalue weighted by Gasteiger charge is -2.31. The largest absolute Gasteiger partial charge is 0.379 e. The van der Waals surface area contributed by atoms with Crippen molar-refractivity contribution >= 4 is 46.2 Å². The normalized spacial score (nSPS) is 14.9. The van der Waals surface area contributed by atoms with Crippen LogP contribution in [0.5, 0.6) is 0 Å². The van der Waals surface area contributed by atoms with Gasteiger partial charge in [0.15, 0.2) is 5.11 Å². The van der Waals surface area contributed by atoms with Crippen molar-refractivity contribution in [3.8, 4) is 6.07 Å². The molecule has 0 spiro atoms. The minimum absolute atomic E-state index is 0.423. The summed E-state index contributed by atoms with van der Waals surface area (Å²) in [6, 6.07) is 7.46. The molecule has 8 heteroatoms. The zero-order valence-electron chi connectivity index (χ0n) is 13.3. The minimum atomic E-state index is 0.423. The van der Waals surface area contributed by atoms with Crippen LogP contribution < -0.4 is 5.32 Å². The Balaban J connectivity index is 1.93. The van der Waals surface area contributed by atoms with Gasteiger partial charge >= 0.3 is 0 Å². The fourth-order valence-electron chi connectivity index (χ4n) is 2.36. The Morgan fingerprint density at radius 3 is 2.71 bits per heavy atom. The molecule has 0 radical (unpaired) electrons. The topological polar surface area (TPSA) is 51.5 Å². The molecule has 0 bridgehead atoms. The number of thiocarbonyl (C=S) groups is 1. The highest BCUT2D eigenvalue weighted by atomic mass is 35.5. The predicted molar refractivity (Wildman–Crippen MR) is 102 cm³/mol. The van der Waals surface area contributed by atoms with Crippen molar-refractivity contribution in [2.45, 2.75) is 6.42 Å². The van der Waals surface area contributed by atoms with Crippen LogP contribution in [0, 0.1) is 11.3 Å². The first-order valence-corrected chi connectivity index (χ1v) is 8.94. The molecule has 1 aliphatic heterocycles. The lowest BCUT2D eigenvalue weighted by Crippen LogP contribution is -2.44. The van der Waals surface area contributed by atoms with Crippen LogP contribution in [-0.2, 0) is 4.74 Å². The number of rotatable bonds is 6. The van der Waals surface area contributed by atoms with Gasteiger partial charge < -0.3 is 15.0 Å². The maximum Gasteiger partial charge on any atom is 0.173 e. The molecule has 1 N–H and O–H groups in total. The molecule has 130 valence electrons. The van der Waals surface area contributed by atoms with Gasteiger partial charge in [0.05, 0.1) is 35.7 Å². The quantitative estimate of drug-likeness (QED) is 0.757. The number of benzene rings is 1. The standard InChI is InChI=1S/C16H20Cl2N4OS/c17-14-3-2-13(12-15(14)18)20-16(24)22(5-1-4-19)7-6-21-8-10-23-11-9-21/h2-3,12H,1,5-11H2,(H,20,24). The molecule has 0 aromatic heterocycles. The van der Waals surface area contributed by atoms with Crippen molar-refractivity contribution in [2.75, 3.05) is 51.3 Å². The second-order valence-corrected chi connectivity index (χ2v) is 6.61. The third-order valence-corrected chi connectivity index (χ3v) is 4.84. The summed E-state index contributed by atoms with van der Waals surface area (Å²) in [6.07, 6.45) is 0.423. The molecule has 24 heavy (non-hydrogen) atoms. The number of anilines is 1. The molecular weight excluding hydrogens is 367 g/mol. The fourth-order valence-corrected chi connectivity index (χ4v) is 2.96. The SMILES string of the molecule is N#CCCN(CCN1CCOCC1)C(=S)Nc1ccc(Cl)c(Cl)c1.